The molecule has 0 saturated carbocycles. The molecule has 0 bridgehead atoms. The molecule has 3 N–H and O–H groups in total. The van der Waals surface area contributed by atoms with Crippen molar-refractivity contribution in [2.45, 2.75) is 58.3 Å². The van der Waals surface area contributed by atoms with Gasteiger partial charge in [0.25, 0.3) is 0 Å². The van der Waals surface area contributed by atoms with E-state index in [2.05, 4.69) is 6.92 Å². The van der Waals surface area contributed by atoms with Gasteiger partial charge in [0.05, 0.1) is 0 Å². The molecule has 0 aromatic heterocycles. The Morgan fingerprint density at radius 1 is 1.23 bits per heavy atom. The zero-order chi connectivity index (χ0) is 15.2. The van der Waals surface area contributed by atoms with Crippen LogP contribution in [0.5, 0.6) is 0 Å². The van der Waals surface area contributed by atoms with Gasteiger partial charge in [-0.05, 0) is 24.5 Å². The van der Waals surface area contributed by atoms with E-state index >= 15 is 0 Å². The van der Waals surface area contributed by atoms with Gasteiger partial charge in [0.15, 0.2) is 5.78 Å². The first kappa shape index (κ1) is 18.7. The van der Waals surface area contributed by atoms with Gasteiger partial charge in [-0.1, -0.05) is 57.6 Å². The number of hydrogen-bond acceptors (Lipinski definition) is 2. The van der Waals surface area contributed by atoms with Crippen LogP contribution < -0.4 is 5.73 Å². The molecule has 0 amide bonds. The summed E-state index contributed by atoms with van der Waals surface area (Å²) in [4.78, 5) is 12.4. The maximum atomic E-state index is 12.4. The molecule has 0 radical (unpaired) electrons. The molecule has 1 aromatic rings. The van der Waals surface area contributed by atoms with Crippen LogP contribution in [0, 0.1) is 11.3 Å². The van der Waals surface area contributed by atoms with Gasteiger partial charge < -0.3 is 5.73 Å². The second kappa shape index (κ2) is 8.94. The van der Waals surface area contributed by atoms with Crippen LogP contribution in [0.25, 0.3) is 0 Å². The van der Waals surface area contributed by atoms with E-state index in [9.17, 15) is 4.79 Å². The standard InChI is InChI=1S/C18H26N2O.ClH/c1-2-3-4-5-6-7-8-14-11-13-9-10-15(18(19)20)12-16(13)17(14)21;/h9-10,12,14H,2-8,11H2,1H3,(H3,19,20);1H. The number of fused-ring (bicyclic) bond motifs is 1. The van der Waals surface area contributed by atoms with Crippen LogP contribution in [-0.4, -0.2) is 11.6 Å². The zero-order valence-electron chi connectivity index (χ0n) is 13.4. The van der Waals surface area contributed by atoms with Crippen LogP contribution in [0.4, 0.5) is 0 Å². The molecule has 4 heteroatoms. The first-order chi connectivity index (χ1) is 10.1. The fraction of sp³-hybridized carbons (Fsp3) is 0.556. The lowest BCUT2D eigenvalue weighted by molar-refractivity contribution is 0.0929. The van der Waals surface area contributed by atoms with Crippen molar-refractivity contribution in [3.8, 4) is 0 Å². The highest BCUT2D eigenvalue weighted by Crippen LogP contribution is 2.31. The number of nitrogens with two attached hydrogens (primary N) is 1. The lowest BCUT2D eigenvalue weighted by atomic mass is 9.96. The summed E-state index contributed by atoms with van der Waals surface area (Å²) in [6.45, 7) is 2.23. The Balaban J connectivity index is 0.00000242. The highest BCUT2D eigenvalue weighted by molar-refractivity contribution is 6.05. The molecule has 0 heterocycles. The Morgan fingerprint density at radius 3 is 2.59 bits per heavy atom. The molecular formula is C18H27ClN2O. The molecule has 1 atom stereocenters. The number of carbonyl (C=O) groups is 1. The fourth-order valence-corrected chi connectivity index (χ4v) is 3.13. The molecule has 0 spiro atoms. The maximum Gasteiger partial charge on any atom is 0.166 e. The quantitative estimate of drug-likeness (QED) is 0.420. The summed E-state index contributed by atoms with van der Waals surface area (Å²) >= 11 is 0. The number of halogens is 1. The van der Waals surface area contributed by atoms with E-state index in [4.69, 9.17) is 11.1 Å². The molecule has 2 rings (SSSR count). The third kappa shape index (κ3) is 4.57. The van der Waals surface area contributed by atoms with Crippen LogP contribution in [-0.2, 0) is 6.42 Å². The maximum absolute atomic E-state index is 12.4. The Kier molecular flexibility index (Phi) is 7.60. The van der Waals surface area contributed by atoms with Crippen LogP contribution in [0.2, 0.25) is 0 Å². The molecule has 1 aliphatic carbocycles. The van der Waals surface area contributed by atoms with Crippen LogP contribution in [0.15, 0.2) is 18.2 Å². The van der Waals surface area contributed by atoms with E-state index in [1.54, 1.807) is 6.07 Å². The van der Waals surface area contributed by atoms with E-state index < -0.39 is 0 Å². The number of Topliss-reactive ketones (excluding diaryl/α,β-unsaturated/α-hetero) is 1. The summed E-state index contributed by atoms with van der Waals surface area (Å²) in [7, 11) is 0. The fourth-order valence-electron chi connectivity index (χ4n) is 3.13. The Morgan fingerprint density at radius 2 is 1.91 bits per heavy atom. The van der Waals surface area contributed by atoms with Crippen molar-refractivity contribution in [1.29, 1.82) is 5.41 Å². The third-order valence-corrected chi connectivity index (χ3v) is 4.43. The van der Waals surface area contributed by atoms with Gasteiger partial charge in [-0.25, -0.2) is 0 Å². The van der Waals surface area contributed by atoms with Gasteiger partial charge in [-0.15, -0.1) is 12.4 Å². The molecule has 1 unspecified atom stereocenters. The highest BCUT2D eigenvalue weighted by atomic mass is 35.5. The summed E-state index contributed by atoms with van der Waals surface area (Å²) < 4.78 is 0. The number of carbonyl (C=O) groups excluding carboxylic acids is 1. The number of amidine groups is 1. The van der Waals surface area contributed by atoms with Gasteiger partial charge in [0, 0.05) is 17.0 Å². The second-order valence-corrected chi connectivity index (χ2v) is 6.11. The van der Waals surface area contributed by atoms with E-state index in [1.165, 1.54) is 32.1 Å². The molecule has 3 nitrogen and oxygen atoms in total. The summed E-state index contributed by atoms with van der Waals surface area (Å²) in [5.41, 5.74) is 8.07. The van der Waals surface area contributed by atoms with Crippen molar-refractivity contribution in [3.05, 3.63) is 34.9 Å². The van der Waals surface area contributed by atoms with Gasteiger partial charge in [-0.3, -0.25) is 10.2 Å². The van der Waals surface area contributed by atoms with E-state index in [1.807, 2.05) is 12.1 Å². The topological polar surface area (TPSA) is 66.9 Å². The molecular weight excluding hydrogens is 296 g/mol. The van der Waals surface area contributed by atoms with E-state index in [0.717, 1.165) is 30.4 Å². The van der Waals surface area contributed by atoms with E-state index in [-0.39, 0.29) is 29.9 Å². The number of hydrogen-bond donors (Lipinski definition) is 2. The Labute approximate surface area is 139 Å². The summed E-state index contributed by atoms with van der Waals surface area (Å²) in [6.07, 6.45) is 9.44. The highest BCUT2D eigenvalue weighted by Gasteiger charge is 2.30. The number of nitrogens with one attached hydrogen (secondary N) is 1. The summed E-state index contributed by atoms with van der Waals surface area (Å²) in [5, 5.41) is 7.47. The Bertz CT molecular complexity index is 528. The average molecular weight is 323 g/mol. The minimum atomic E-state index is 0. The van der Waals surface area contributed by atoms with Crippen LogP contribution in [0.3, 0.4) is 0 Å². The predicted octanol–water partition coefficient (Wildman–Crippen LogP) is 4.50. The molecule has 122 valence electrons. The van der Waals surface area contributed by atoms with Gasteiger partial charge in [0.2, 0.25) is 0 Å². The smallest absolute Gasteiger partial charge is 0.166 e. The van der Waals surface area contributed by atoms with Gasteiger partial charge in [0.1, 0.15) is 5.84 Å². The average Bonchev–Trinajstić information content (AvgIpc) is 2.79. The summed E-state index contributed by atoms with van der Waals surface area (Å²) in [6, 6.07) is 5.61. The predicted molar refractivity (Wildman–Crippen MR) is 94.2 cm³/mol. The van der Waals surface area contributed by atoms with Crippen LogP contribution in [0.1, 0.15) is 73.4 Å². The minimum Gasteiger partial charge on any atom is -0.384 e. The number of nitrogen functional groups attached to an aromatic ring is 1. The lowest BCUT2D eigenvalue weighted by Gasteiger charge is -2.07. The molecule has 1 aromatic carbocycles. The minimum absolute atomic E-state index is 0. The molecule has 22 heavy (non-hydrogen) atoms. The van der Waals surface area contributed by atoms with Crippen molar-refractivity contribution in [2.75, 3.05) is 0 Å². The summed E-state index contributed by atoms with van der Waals surface area (Å²) in [5.74, 6) is 0.431. The van der Waals surface area contributed by atoms with Crippen LogP contribution >= 0.6 is 12.4 Å². The van der Waals surface area contributed by atoms with Gasteiger partial charge >= 0.3 is 0 Å². The second-order valence-electron chi connectivity index (χ2n) is 6.11. The normalized spacial score (nSPS) is 16.2. The molecule has 0 aliphatic heterocycles. The van der Waals surface area contributed by atoms with Crippen molar-refractivity contribution < 1.29 is 4.79 Å². The molecule has 1 aliphatic rings. The van der Waals surface area contributed by atoms with Crippen molar-refractivity contribution >= 4 is 24.0 Å². The van der Waals surface area contributed by atoms with E-state index in [0.29, 0.717) is 5.56 Å². The number of benzene rings is 1. The first-order valence-electron chi connectivity index (χ1n) is 8.15. The Hall–Kier alpha value is -1.35. The largest absolute Gasteiger partial charge is 0.384 e. The molecule has 0 saturated heterocycles. The number of ketones is 1. The first-order valence-corrected chi connectivity index (χ1v) is 8.15. The number of unbranched alkanes of at least 4 members (excludes halogenated alkanes) is 5. The van der Waals surface area contributed by atoms with Crippen molar-refractivity contribution in [2.24, 2.45) is 11.7 Å². The number of rotatable bonds is 8. The van der Waals surface area contributed by atoms with Crippen molar-refractivity contribution in [3.63, 3.8) is 0 Å². The third-order valence-electron chi connectivity index (χ3n) is 4.43. The zero-order valence-corrected chi connectivity index (χ0v) is 14.2. The van der Waals surface area contributed by atoms with Gasteiger partial charge in [-0.2, -0.15) is 0 Å². The lowest BCUT2D eigenvalue weighted by Crippen LogP contribution is -2.12. The SMILES string of the molecule is CCCCCCCCC1Cc2ccc(C(=N)N)cc2C1=O.Cl. The molecule has 0 fully saturated rings. The monoisotopic (exact) mass is 322 g/mol. The van der Waals surface area contributed by atoms with Crippen molar-refractivity contribution in [1.82, 2.24) is 0 Å².